The molecule has 1 atom stereocenters. The van der Waals surface area contributed by atoms with E-state index in [1.54, 1.807) is 6.92 Å². The normalized spacial score (nSPS) is 12.2. The van der Waals surface area contributed by atoms with Gasteiger partial charge in [0.15, 0.2) is 5.69 Å². The van der Waals surface area contributed by atoms with Gasteiger partial charge in [0.1, 0.15) is 0 Å². The van der Waals surface area contributed by atoms with Crippen molar-refractivity contribution in [1.29, 1.82) is 0 Å². The minimum absolute atomic E-state index is 0.0115. The molecule has 0 radical (unpaired) electrons. The second-order valence-corrected chi connectivity index (χ2v) is 6.07. The minimum atomic E-state index is -4.56. The van der Waals surface area contributed by atoms with Gasteiger partial charge >= 0.3 is 6.18 Å². The maximum atomic E-state index is 13.0. The summed E-state index contributed by atoms with van der Waals surface area (Å²) < 4.78 is 38.9. The number of halogens is 3. The summed E-state index contributed by atoms with van der Waals surface area (Å²) >= 11 is 0. The number of aryl methyl sites for hydroxylation is 1. The SMILES string of the molecule is C=CCNC(=O)c1nccnc1C(C)NC(=O)c1cc(C)cc(C(F)(F)F)c1. The molecule has 9 heteroatoms. The van der Waals surface area contributed by atoms with Crippen molar-refractivity contribution >= 4 is 11.8 Å². The molecule has 1 heterocycles. The molecule has 0 bridgehead atoms. The van der Waals surface area contributed by atoms with Crippen LogP contribution >= 0.6 is 0 Å². The van der Waals surface area contributed by atoms with E-state index in [1.165, 1.54) is 31.5 Å². The molecule has 148 valence electrons. The Bertz CT molecular complexity index is 897. The van der Waals surface area contributed by atoms with Gasteiger partial charge in [-0.15, -0.1) is 6.58 Å². The van der Waals surface area contributed by atoms with Crippen molar-refractivity contribution in [2.24, 2.45) is 0 Å². The van der Waals surface area contributed by atoms with Crippen LogP contribution in [-0.2, 0) is 6.18 Å². The first-order chi connectivity index (χ1) is 13.1. The summed E-state index contributed by atoms with van der Waals surface area (Å²) in [7, 11) is 0. The summed E-state index contributed by atoms with van der Waals surface area (Å²) in [4.78, 5) is 32.7. The number of carbonyl (C=O) groups excluding carboxylic acids is 2. The largest absolute Gasteiger partial charge is 0.416 e. The van der Waals surface area contributed by atoms with Crippen LogP contribution in [0.5, 0.6) is 0 Å². The van der Waals surface area contributed by atoms with Crippen LogP contribution in [0.2, 0.25) is 0 Å². The summed E-state index contributed by atoms with van der Waals surface area (Å²) in [5.74, 6) is -1.22. The van der Waals surface area contributed by atoms with E-state index in [-0.39, 0.29) is 23.5 Å². The van der Waals surface area contributed by atoms with Crippen LogP contribution in [0.3, 0.4) is 0 Å². The molecule has 2 N–H and O–H groups in total. The van der Waals surface area contributed by atoms with Gasteiger partial charge in [0.2, 0.25) is 0 Å². The van der Waals surface area contributed by atoms with Crippen LogP contribution in [0.1, 0.15) is 50.6 Å². The number of carbonyl (C=O) groups is 2. The molecule has 28 heavy (non-hydrogen) atoms. The minimum Gasteiger partial charge on any atom is -0.347 e. The molecule has 0 aliphatic carbocycles. The Labute approximate surface area is 159 Å². The van der Waals surface area contributed by atoms with Gasteiger partial charge in [-0.1, -0.05) is 6.08 Å². The third-order valence-electron chi connectivity index (χ3n) is 3.77. The summed E-state index contributed by atoms with van der Waals surface area (Å²) in [6.45, 7) is 6.76. The van der Waals surface area contributed by atoms with E-state index in [4.69, 9.17) is 0 Å². The molecular formula is C19H19F3N4O2. The van der Waals surface area contributed by atoms with Gasteiger partial charge in [-0.05, 0) is 37.6 Å². The number of alkyl halides is 3. The fraction of sp³-hybridized carbons (Fsp3) is 0.263. The van der Waals surface area contributed by atoms with Gasteiger partial charge in [0.25, 0.3) is 11.8 Å². The van der Waals surface area contributed by atoms with Crippen LogP contribution in [0.25, 0.3) is 0 Å². The highest BCUT2D eigenvalue weighted by atomic mass is 19.4. The molecule has 1 aromatic heterocycles. The molecule has 0 fully saturated rings. The van der Waals surface area contributed by atoms with Crippen molar-refractivity contribution in [1.82, 2.24) is 20.6 Å². The number of nitrogens with zero attached hydrogens (tertiary/aromatic N) is 2. The smallest absolute Gasteiger partial charge is 0.347 e. The second kappa shape index (κ2) is 8.64. The Morgan fingerprint density at radius 2 is 1.86 bits per heavy atom. The van der Waals surface area contributed by atoms with Gasteiger partial charge in [0.05, 0.1) is 17.3 Å². The molecule has 1 unspecified atom stereocenters. The lowest BCUT2D eigenvalue weighted by molar-refractivity contribution is -0.137. The van der Waals surface area contributed by atoms with E-state index >= 15 is 0 Å². The molecule has 0 aliphatic rings. The van der Waals surface area contributed by atoms with Crippen molar-refractivity contribution in [2.45, 2.75) is 26.1 Å². The summed E-state index contributed by atoms with van der Waals surface area (Å²) in [6, 6.07) is 2.33. The Kier molecular flexibility index (Phi) is 6.50. The molecule has 6 nitrogen and oxygen atoms in total. The highest BCUT2D eigenvalue weighted by molar-refractivity contribution is 5.96. The van der Waals surface area contributed by atoms with Crippen LogP contribution in [-0.4, -0.2) is 28.3 Å². The zero-order valence-corrected chi connectivity index (χ0v) is 15.3. The van der Waals surface area contributed by atoms with Crippen molar-refractivity contribution < 1.29 is 22.8 Å². The number of benzene rings is 1. The highest BCUT2D eigenvalue weighted by Gasteiger charge is 2.31. The first-order valence-electron chi connectivity index (χ1n) is 8.33. The number of rotatable bonds is 6. The van der Waals surface area contributed by atoms with Crippen LogP contribution in [0, 0.1) is 6.92 Å². The number of amides is 2. The number of aromatic nitrogens is 2. The third kappa shape index (κ3) is 5.15. The Balaban J connectivity index is 2.25. The fourth-order valence-corrected chi connectivity index (χ4v) is 2.52. The fourth-order valence-electron chi connectivity index (χ4n) is 2.52. The lowest BCUT2D eigenvalue weighted by Gasteiger charge is -2.17. The lowest BCUT2D eigenvalue weighted by atomic mass is 10.0. The summed E-state index contributed by atoms with van der Waals surface area (Å²) in [5, 5.41) is 5.12. The zero-order valence-electron chi connectivity index (χ0n) is 15.3. The maximum Gasteiger partial charge on any atom is 0.416 e. The monoisotopic (exact) mass is 392 g/mol. The Morgan fingerprint density at radius 3 is 2.50 bits per heavy atom. The number of hydrogen-bond donors (Lipinski definition) is 2. The van der Waals surface area contributed by atoms with Crippen molar-refractivity contribution in [3.05, 3.63) is 71.3 Å². The van der Waals surface area contributed by atoms with E-state index in [9.17, 15) is 22.8 Å². The van der Waals surface area contributed by atoms with Gasteiger partial charge in [-0.3, -0.25) is 14.6 Å². The number of hydrogen-bond acceptors (Lipinski definition) is 4. The quantitative estimate of drug-likeness (QED) is 0.740. The van der Waals surface area contributed by atoms with E-state index in [0.717, 1.165) is 12.1 Å². The van der Waals surface area contributed by atoms with Gasteiger partial charge in [0, 0.05) is 24.5 Å². The van der Waals surface area contributed by atoms with Gasteiger partial charge in [-0.2, -0.15) is 13.2 Å². The zero-order chi connectivity index (χ0) is 20.9. The average molecular weight is 392 g/mol. The molecule has 2 aromatic rings. The van der Waals surface area contributed by atoms with E-state index in [2.05, 4.69) is 27.2 Å². The molecule has 0 spiro atoms. The Hall–Kier alpha value is -3.23. The number of nitrogens with one attached hydrogen (secondary N) is 2. The van der Waals surface area contributed by atoms with Crippen LogP contribution in [0.15, 0.2) is 43.2 Å². The molecule has 2 rings (SSSR count). The maximum absolute atomic E-state index is 13.0. The average Bonchev–Trinajstić information content (AvgIpc) is 2.64. The second-order valence-electron chi connectivity index (χ2n) is 6.07. The Morgan fingerprint density at radius 1 is 1.18 bits per heavy atom. The standard InChI is InChI=1S/C19H19F3N4O2/c1-4-5-25-18(28)16-15(23-6-7-24-16)12(3)26-17(27)13-8-11(2)9-14(10-13)19(20,21)22/h4,6-10,12H,1,5H2,2-3H3,(H,25,28)(H,26,27). The van der Waals surface area contributed by atoms with Gasteiger partial charge < -0.3 is 10.6 Å². The molecule has 0 saturated carbocycles. The van der Waals surface area contributed by atoms with Crippen LogP contribution < -0.4 is 10.6 Å². The molecule has 2 amide bonds. The predicted octanol–water partition coefficient (Wildman–Crippen LogP) is 3.21. The summed E-state index contributed by atoms with van der Waals surface area (Å²) in [5.41, 5.74) is -0.537. The lowest BCUT2D eigenvalue weighted by Crippen LogP contribution is -2.32. The predicted molar refractivity (Wildman–Crippen MR) is 96.6 cm³/mol. The summed E-state index contributed by atoms with van der Waals surface area (Å²) in [6.07, 6.45) is -0.378. The molecule has 1 aromatic carbocycles. The first kappa shape index (κ1) is 21.1. The van der Waals surface area contributed by atoms with Gasteiger partial charge in [-0.25, -0.2) is 4.98 Å². The molecular weight excluding hydrogens is 373 g/mol. The van der Waals surface area contributed by atoms with Crippen molar-refractivity contribution in [3.8, 4) is 0 Å². The third-order valence-corrected chi connectivity index (χ3v) is 3.77. The topological polar surface area (TPSA) is 84.0 Å². The molecule has 0 saturated heterocycles. The van der Waals surface area contributed by atoms with Crippen molar-refractivity contribution in [2.75, 3.05) is 6.54 Å². The van der Waals surface area contributed by atoms with Crippen LogP contribution in [0.4, 0.5) is 13.2 Å². The van der Waals surface area contributed by atoms with Crippen molar-refractivity contribution in [3.63, 3.8) is 0 Å². The first-order valence-corrected chi connectivity index (χ1v) is 8.33. The molecule has 0 aliphatic heterocycles. The van der Waals surface area contributed by atoms with E-state index in [0.29, 0.717) is 5.56 Å². The van der Waals surface area contributed by atoms with E-state index < -0.39 is 29.6 Å². The van der Waals surface area contributed by atoms with E-state index in [1.807, 2.05) is 0 Å². The highest BCUT2D eigenvalue weighted by Crippen LogP contribution is 2.30.